The number of nitrogens with zero attached hydrogens (tertiary/aromatic N) is 1. The molecule has 0 saturated heterocycles. The van der Waals surface area contributed by atoms with Crippen molar-refractivity contribution in [3.05, 3.63) is 105 Å². The summed E-state index contributed by atoms with van der Waals surface area (Å²) in [6.45, 7) is 7.71. The number of thioether (sulfide) groups is 1. The fourth-order valence-corrected chi connectivity index (χ4v) is 5.37. The van der Waals surface area contributed by atoms with Gasteiger partial charge in [0.2, 0.25) is 5.91 Å². The first-order chi connectivity index (χ1) is 17.8. The minimum atomic E-state index is -0.716. The number of benzene rings is 2. The molecule has 2 heterocycles. The van der Waals surface area contributed by atoms with E-state index in [4.69, 9.17) is 4.42 Å². The summed E-state index contributed by atoms with van der Waals surface area (Å²) in [4.78, 5) is 26.2. The highest BCUT2D eigenvalue weighted by Crippen LogP contribution is 2.41. The van der Waals surface area contributed by atoms with Gasteiger partial charge in [0.05, 0.1) is 40.2 Å². The maximum atomic E-state index is 13.7. The van der Waals surface area contributed by atoms with E-state index in [0.29, 0.717) is 33.3 Å². The van der Waals surface area contributed by atoms with Crippen LogP contribution < -0.4 is 16.0 Å². The Bertz CT molecular complexity index is 1410. The third-order valence-corrected chi connectivity index (χ3v) is 7.06. The molecule has 188 valence electrons. The van der Waals surface area contributed by atoms with Crippen molar-refractivity contribution < 1.29 is 14.0 Å². The van der Waals surface area contributed by atoms with Crippen LogP contribution in [0.15, 0.2) is 87.1 Å². The standard InChI is InChI=1S/C29H28N4O3S/c1-17-13-18(2)27(19(3)14-17)33-28(35)25-20(4)31-29(22(15-30)26(25)23-11-8-12-36-23)37-16-24(34)32-21-9-6-5-7-10-21/h5-14,26,31H,16H2,1-4H3,(H,32,34)(H,33,35). The molecule has 8 heteroatoms. The van der Waals surface area contributed by atoms with E-state index in [9.17, 15) is 14.9 Å². The number of dihydropyridines is 1. The van der Waals surface area contributed by atoms with Gasteiger partial charge < -0.3 is 20.4 Å². The van der Waals surface area contributed by atoms with Crippen LogP contribution in [-0.4, -0.2) is 17.6 Å². The van der Waals surface area contributed by atoms with Crippen LogP contribution in [0.5, 0.6) is 0 Å². The molecule has 3 N–H and O–H groups in total. The van der Waals surface area contributed by atoms with Gasteiger partial charge in [-0.25, -0.2) is 0 Å². The largest absolute Gasteiger partial charge is 0.468 e. The van der Waals surface area contributed by atoms with E-state index < -0.39 is 5.92 Å². The molecule has 0 spiro atoms. The fraction of sp³-hybridized carbons (Fsp3) is 0.207. The first-order valence-electron chi connectivity index (χ1n) is 11.8. The summed E-state index contributed by atoms with van der Waals surface area (Å²) in [6.07, 6.45) is 1.52. The molecular formula is C29H28N4O3S. The zero-order valence-corrected chi connectivity index (χ0v) is 22.0. The van der Waals surface area contributed by atoms with Crippen LogP contribution in [0.1, 0.15) is 35.3 Å². The van der Waals surface area contributed by atoms with Crippen molar-refractivity contribution in [3.8, 4) is 6.07 Å². The zero-order valence-electron chi connectivity index (χ0n) is 21.1. The van der Waals surface area contributed by atoms with E-state index in [0.717, 1.165) is 22.4 Å². The minimum Gasteiger partial charge on any atom is -0.468 e. The van der Waals surface area contributed by atoms with E-state index in [1.807, 2.05) is 63.2 Å². The fourth-order valence-electron chi connectivity index (χ4n) is 4.48. The Morgan fingerprint density at radius 3 is 2.35 bits per heavy atom. The highest BCUT2D eigenvalue weighted by Gasteiger charge is 2.36. The Kier molecular flexibility index (Phi) is 7.85. The Morgan fingerprint density at radius 1 is 1.03 bits per heavy atom. The van der Waals surface area contributed by atoms with Gasteiger partial charge in [0.25, 0.3) is 5.91 Å². The number of nitrogens with one attached hydrogen (secondary N) is 3. The topological polar surface area (TPSA) is 107 Å². The smallest absolute Gasteiger partial charge is 0.254 e. The number of amides is 2. The molecule has 2 amide bonds. The molecule has 1 atom stereocenters. The van der Waals surface area contributed by atoms with Crippen LogP contribution in [0.2, 0.25) is 0 Å². The van der Waals surface area contributed by atoms with Crippen molar-refractivity contribution in [3.63, 3.8) is 0 Å². The number of allylic oxidation sites excluding steroid dienone is 2. The van der Waals surface area contributed by atoms with E-state index in [1.54, 1.807) is 19.1 Å². The second kappa shape index (κ2) is 11.2. The summed E-state index contributed by atoms with van der Waals surface area (Å²) in [5.41, 5.74) is 5.77. The van der Waals surface area contributed by atoms with Gasteiger partial charge in [0.1, 0.15) is 5.76 Å². The number of hydrogen-bond acceptors (Lipinski definition) is 6. The molecule has 0 saturated carbocycles. The molecule has 0 bridgehead atoms. The van der Waals surface area contributed by atoms with E-state index in [2.05, 4.69) is 22.0 Å². The lowest BCUT2D eigenvalue weighted by Gasteiger charge is -2.28. The quantitative estimate of drug-likeness (QED) is 0.363. The maximum absolute atomic E-state index is 13.7. The Balaban J connectivity index is 1.62. The number of anilines is 2. The molecule has 0 radical (unpaired) electrons. The molecule has 37 heavy (non-hydrogen) atoms. The van der Waals surface area contributed by atoms with Crippen LogP contribution in [0.4, 0.5) is 11.4 Å². The zero-order chi connectivity index (χ0) is 26.5. The van der Waals surface area contributed by atoms with Crippen molar-refractivity contribution >= 4 is 35.0 Å². The van der Waals surface area contributed by atoms with Gasteiger partial charge in [0.15, 0.2) is 0 Å². The van der Waals surface area contributed by atoms with Crippen LogP contribution >= 0.6 is 11.8 Å². The van der Waals surface area contributed by atoms with Crippen molar-refractivity contribution in [2.24, 2.45) is 0 Å². The first kappa shape index (κ1) is 25.9. The van der Waals surface area contributed by atoms with Crippen molar-refractivity contribution in [1.82, 2.24) is 5.32 Å². The summed E-state index contributed by atoms with van der Waals surface area (Å²) in [5, 5.41) is 19.8. The molecule has 4 rings (SSSR count). The monoisotopic (exact) mass is 512 g/mol. The van der Waals surface area contributed by atoms with Crippen molar-refractivity contribution in [2.45, 2.75) is 33.6 Å². The summed E-state index contributed by atoms with van der Waals surface area (Å²) in [7, 11) is 0. The number of rotatable bonds is 7. The SMILES string of the molecule is CC1=C(C(=O)Nc2c(C)cc(C)cc2C)C(c2ccco2)C(C#N)=C(SCC(=O)Nc2ccccc2)N1. The van der Waals surface area contributed by atoms with Gasteiger partial charge in [-0.1, -0.05) is 47.7 Å². The summed E-state index contributed by atoms with van der Waals surface area (Å²) >= 11 is 1.21. The highest BCUT2D eigenvalue weighted by atomic mass is 32.2. The van der Waals surface area contributed by atoms with E-state index >= 15 is 0 Å². The Morgan fingerprint density at radius 2 is 1.73 bits per heavy atom. The normalized spacial score (nSPS) is 15.2. The second-order valence-corrected chi connectivity index (χ2v) is 9.88. The van der Waals surface area contributed by atoms with Crippen molar-refractivity contribution in [1.29, 1.82) is 5.26 Å². The third-order valence-electron chi connectivity index (χ3n) is 6.04. The number of furan rings is 1. The van der Waals surface area contributed by atoms with E-state index in [1.165, 1.54) is 18.0 Å². The molecule has 0 fully saturated rings. The van der Waals surface area contributed by atoms with Gasteiger partial charge in [0, 0.05) is 17.1 Å². The van der Waals surface area contributed by atoms with Crippen LogP contribution in [-0.2, 0) is 9.59 Å². The molecular weight excluding hydrogens is 484 g/mol. The van der Waals surface area contributed by atoms with Gasteiger partial charge >= 0.3 is 0 Å². The summed E-state index contributed by atoms with van der Waals surface area (Å²) in [6, 6.07) is 18.9. The second-order valence-electron chi connectivity index (χ2n) is 8.90. The highest BCUT2D eigenvalue weighted by molar-refractivity contribution is 8.03. The lowest BCUT2D eigenvalue weighted by atomic mass is 9.85. The number of aryl methyl sites for hydroxylation is 3. The molecule has 1 aromatic heterocycles. The van der Waals surface area contributed by atoms with Crippen LogP contribution in [0.25, 0.3) is 0 Å². The predicted molar refractivity (Wildman–Crippen MR) is 147 cm³/mol. The molecule has 1 unspecified atom stereocenters. The van der Waals surface area contributed by atoms with Crippen LogP contribution in [0, 0.1) is 32.1 Å². The Hall–Kier alpha value is -4.22. The number of hydrogen-bond donors (Lipinski definition) is 3. The predicted octanol–water partition coefficient (Wildman–Crippen LogP) is 5.91. The minimum absolute atomic E-state index is 0.0872. The molecule has 0 aliphatic carbocycles. The third kappa shape index (κ3) is 5.79. The molecule has 1 aliphatic heterocycles. The number of para-hydroxylation sites is 1. The van der Waals surface area contributed by atoms with Gasteiger partial charge in [-0.3, -0.25) is 9.59 Å². The lowest BCUT2D eigenvalue weighted by molar-refractivity contribution is -0.114. The molecule has 1 aliphatic rings. The van der Waals surface area contributed by atoms with Gasteiger partial charge in [-0.05, 0) is 63.1 Å². The maximum Gasteiger partial charge on any atom is 0.254 e. The lowest BCUT2D eigenvalue weighted by Crippen LogP contribution is -2.31. The first-order valence-corrected chi connectivity index (χ1v) is 12.8. The number of carbonyl (C=O) groups is 2. The Labute approximate surface area is 220 Å². The molecule has 3 aromatic rings. The average molecular weight is 513 g/mol. The number of carbonyl (C=O) groups excluding carboxylic acids is 2. The molecule has 7 nitrogen and oxygen atoms in total. The average Bonchev–Trinajstić information content (AvgIpc) is 3.39. The van der Waals surface area contributed by atoms with E-state index in [-0.39, 0.29) is 17.6 Å². The summed E-state index contributed by atoms with van der Waals surface area (Å²) in [5.74, 6) is -0.671. The number of nitriles is 1. The van der Waals surface area contributed by atoms with Gasteiger partial charge in [-0.2, -0.15) is 5.26 Å². The van der Waals surface area contributed by atoms with Gasteiger partial charge in [-0.15, -0.1) is 0 Å². The summed E-state index contributed by atoms with van der Waals surface area (Å²) < 4.78 is 5.68. The molecule has 2 aromatic carbocycles. The van der Waals surface area contributed by atoms with Crippen molar-refractivity contribution in [2.75, 3.05) is 16.4 Å². The van der Waals surface area contributed by atoms with Crippen LogP contribution in [0.3, 0.4) is 0 Å².